The van der Waals surface area contributed by atoms with Crippen LogP contribution in [0.5, 0.6) is 0 Å². The van der Waals surface area contributed by atoms with Gasteiger partial charge in [0.25, 0.3) is 0 Å². The van der Waals surface area contributed by atoms with Crippen molar-refractivity contribution in [2.45, 2.75) is 56.9 Å². The van der Waals surface area contributed by atoms with Crippen molar-refractivity contribution in [2.75, 3.05) is 7.05 Å². The summed E-state index contributed by atoms with van der Waals surface area (Å²) in [6.07, 6.45) is 6.16. The molecule has 0 amide bonds. The molecule has 0 radical (unpaired) electrons. The van der Waals surface area contributed by atoms with Crippen molar-refractivity contribution in [1.82, 2.24) is 15.5 Å². The van der Waals surface area contributed by atoms with Gasteiger partial charge in [0.2, 0.25) is 5.89 Å². The highest BCUT2D eigenvalue weighted by Gasteiger charge is 2.40. The molecule has 1 aliphatic carbocycles. The first-order valence-corrected chi connectivity index (χ1v) is 8.40. The zero-order valence-electron chi connectivity index (χ0n) is 13.8. The van der Waals surface area contributed by atoms with Gasteiger partial charge in [-0.1, -0.05) is 36.6 Å². The van der Waals surface area contributed by atoms with Gasteiger partial charge in [-0.25, -0.2) is 4.39 Å². The SMILES string of the molecule is CNC(C)Cc1noc(C2(c3ccc(F)cc3)CCCCC2)n1. The van der Waals surface area contributed by atoms with Crippen molar-refractivity contribution >= 4 is 0 Å². The Bertz CT molecular complexity index is 632. The largest absolute Gasteiger partial charge is 0.338 e. The minimum atomic E-state index is -0.264. The Morgan fingerprint density at radius 3 is 2.57 bits per heavy atom. The van der Waals surface area contributed by atoms with E-state index in [2.05, 4.69) is 22.4 Å². The summed E-state index contributed by atoms with van der Waals surface area (Å²) in [5.74, 6) is 1.20. The van der Waals surface area contributed by atoms with Crippen LogP contribution in [0.1, 0.15) is 56.3 Å². The summed E-state index contributed by atoms with van der Waals surface area (Å²) < 4.78 is 19.0. The van der Waals surface area contributed by atoms with Crippen molar-refractivity contribution in [3.8, 4) is 0 Å². The Labute approximate surface area is 136 Å². The normalized spacial score (nSPS) is 18.7. The molecular formula is C18H24FN3O. The molecule has 0 spiro atoms. The maximum absolute atomic E-state index is 13.3. The van der Waals surface area contributed by atoms with E-state index in [0.29, 0.717) is 11.9 Å². The average molecular weight is 317 g/mol. The maximum atomic E-state index is 13.3. The van der Waals surface area contributed by atoms with E-state index >= 15 is 0 Å². The first-order chi connectivity index (χ1) is 11.1. The first-order valence-electron chi connectivity index (χ1n) is 8.40. The molecule has 1 fully saturated rings. The molecule has 124 valence electrons. The number of hydrogen-bond acceptors (Lipinski definition) is 4. The fourth-order valence-electron chi connectivity index (χ4n) is 3.46. The molecule has 1 atom stereocenters. The standard InChI is InChI=1S/C18H24FN3O/c1-13(20-2)12-16-21-17(23-22-16)18(10-4-3-5-11-18)14-6-8-15(19)9-7-14/h6-9,13,20H,3-5,10-12H2,1-2H3. The Hall–Kier alpha value is -1.75. The van der Waals surface area contributed by atoms with Gasteiger partial charge in [-0.15, -0.1) is 0 Å². The third-order valence-electron chi connectivity index (χ3n) is 4.96. The lowest BCUT2D eigenvalue weighted by Gasteiger charge is -2.34. The van der Waals surface area contributed by atoms with Gasteiger partial charge in [-0.3, -0.25) is 0 Å². The zero-order valence-corrected chi connectivity index (χ0v) is 13.8. The van der Waals surface area contributed by atoms with Crippen LogP contribution in [0.2, 0.25) is 0 Å². The van der Waals surface area contributed by atoms with Crippen LogP contribution in [0.25, 0.3) is 0 Å². The summed E-state index contributed by atoms with van der Waals surface area (Å²) in [4.78, 5) is 4.68. The van der Waals surface area contributed by atoms with Gasteiger partial charge in [0.05, 0.1) is 5.41 Å². The highest BCUT2D eigenvalue weighted by molar-refractivity contribution is 5.33. The quantitative estimate of drug-likeness (QED) is 0.915. The molecule has 23 heavy (non-hydrogen) atoms. The van der Waals surface area contributed by atoms with Crippen molar-refractivity contribution < 1.29 is 8.91 Å². The number of likely N-dealkylation sites (N-methyl/N-ethyl adjacent to an activating group) is 1. The topological polar surface area (TPSA) is 51.0 Å². The molecule has 5 heteroatoms. The van der Waals surface area contributed by atoms with Gasteiger partial charge < -0.3 is 9.84 Å². The third kappa shape index (κ3) is 3.29. The molecule has 1 N–H and O–H groups in total. The van der Waals surface area contributed by atoms with Crippen LogP contribution in [0, 0.1) is 5.82 Å². The predicted molar refractivity (Wildman–Crippen MR) is 86.8 cm³/mol. The number of hydrogen-bond donors (Lipinski definition) is 1. The van der Waals surface area contributed by atoms with E-state index in [1.54, 1.807) is 0 Å². The molecule has 1 saturated carbocycles. The molecule has 0 bridgehead atoms. The maximum Gasteiger partial charge on any atom is 0.237 e. The lowest BCUT2D eigenvalue weighted by molar-refractivity contribution is 0.250. The van der Waals surface area contributed by atoms with Gasteiger partial charge >= 0.3 is 0 Å². The minimum absolute atomic E-state index is 0.214. The van der Waals surface area contributed by atoms with Gasteiger partial charge in [-0.2, -0.15) is 4.98 Å². The van der Waals surface area contributed by atoms with E-state index < -0.39 is 0 Å². The molecule has 4 nitrogen and oxygen atoms in total. The van der Waals surface area contributed by atoms with E-state index in [9.17, 15) is 4.39 Å². The molecule has 1 heterocycles. The lowest BCUT2D eigenvalue weighted by atomic mass is 9.69. The summed E-state index contributed by atoms with van der Waals surface area (Å²) in [6, 6.07) is 7.06. The van der Waals surface area contributed by atoms with Crippen LogP contribution >= 0.6 is 0 Å². The molecule has 0 saturated heterocycles. The van der Waals surface area contributed by atoms with Gasteiger partial charge in [0, 0.05) is 12.5 Å². The number of nitrogens with zero attached hydrogens (tertiary/aromatic N) is 2. The molecule has 3 rings (SSSR count). The third-order valence-corrected chi connectivity index (χ3v) is 4.96. The first kappa shape index (κ1) is 16.1. The Kier molecular flexibility index (Phi) is 4.76. The van der Waals surface area contributed by atoms with E-state index in [4.69, 9.17) is 4.52 Å². The molecule has 1 unspecified atom stereocenters. The monoisotopic (exact) mass is 317 g/mol. The number of nitrogens with one attached hydrogen (secondary N) is 1. The molecule has 0 aliphatic heterocycles. The van der Waals surface area contributed by atoms with Gasteiger partial charge in [0.1, 0.15) is 5.82 Å². The van der Waals surface area contributed by atoms with E-state index in [-0.39, 0.29) is 11.2 Å². The van der Waals surface area contributed by atoms with E-state index in [1.165, 1.54) is 18.6 Å². The highest BCUT2D eigenvalue weighted by atomic mass is 19.1. The smallest absolute Gasteiger partial charge is 0.237 e. The Morgan fingerprint density at radius 1 is 1.22 bits per heavy atom. The summed E-state index contributed by atoms with van der Waals surface area (Å²) in [5, 5.41) is 7.35. The van der Waals surface area contributed by atoms with E-state index in [0.717, 1.165) is 43.5 Å². The molecule has 2 aromatic rings. The Morgan fingerprint density at radius 2 is 1.91 bits per heavy atom. The van der Waals surface area contributed by atoms with Crippen LogP contribution in [-0.2, 0) is 11.8 Å². The predicted octanol–water partition coefficient (Wildman–Crippen LogP) is 3.61. The number of halogens is 1. The second-order valence-electron chi connectivity index (χ2n) is 6.56. The fraction of sp³-hybridized carbons (Fsp3) is 0.556. The van der Waals surface area contributed by atoms with Crippen LogP contribution in [-0.4, -0.2) is 23.2 Å². The van der Waals surface area contributed by atoms with Crippen LogP contribution < -0.4 is 5.32 Å². The summed E-state index contributed by atoms with van der Waals surface area (Å²) >= 11 is 0. The number of rotatable bonds is 5. The lowest BCUT2D eigenvalue weighted by Crippen LogP contribution is -2.31. The number of aromatic nitrogens is 2. The Balaban J connectivity index is 1.94. The summed E-state index contributed by atoms with van der Waals surface area (Å²) in [5.41, 5.74) is 0.815. The van der Waals surface area contributed by atoms with Crippen molar-refractivity contribution in [1.29, 1.82) is 0 Å². The highest BCUT2D eigenvalue weighted by Crippen LogP contribution is 2.44. The molecule has 1 aromatic carbocycles. The van der Waals surface area contributed by atoms with Crippen molar-refractivity contribution in [3.05, 3.63) is 47.4 Å². The second kappa shape index (κ2) is 6.79. The molecule has 1 aromatic heterocycles. The minimum Gasteiger partial charge on any atom is -0.338 e. The van der Waals surface area contributed by atoms with Crippen LogP contribution in [0.3, 0.4) is 0 Å². The van der Waals surface area contributed by atoms with Gasteiger partial charge in [0.15, 0.2) is 5.82 Å². The molecular weight excluding hydrogens is 293 g/mol. The van der Waals surface area contributed by atoms with Crippen LogP contribution in [0.4, 0.5) is 4.39 Å². The zero-order chi connectivity index (χ0) is 16.3. The molecule has 1 aliphatic rings. The fourth-order valence-corrected chi connectivity index (χ4v) is 3.46. The average Bonchev–Trinajstić information content (AvgIpc) is 3.05. The van der Waals surface area contributed by atoms with Gasteiger partial charge in [-0.05, 0) is 44.5 Å². The summed E-state index contributed by atoms with van der Waals surface area (Å²) in [6.45, 7) is 2.09. The second-order valence-corrected chi connectivity index (χ2v) is 6.56. The number of benzene rings is 1. The van der Waals surface area contributed by atoms with Crippen molar-refractivity contribution in [2.24, 2.45) is 0 Å². The van der Waals surface area contributed by atoms with Crippen molar-refractivity contribution in [3.63, 3.8) is 0 Å². The summed E-state index contributed by atoms with van der Waals surface area (Å²) in [7, 11) is 1.92. The van der Waals surface area contributed by atoms with E-state index in [1.807, 2.05) is 19.2 Å². The van der Waals surface area contributed by atoms with Crippen LogP contribution in [0.15, 0.2) is 28.8 Å².